The van der Waals surface area contributed by atoms with Gasteiger partial charge in [-0.15, -0.1) is 0 Å². The smallest absolute Gasteiger partial charge is 0.370 e. The van der Waals surface area contributed by atoms with E-state index in [1.165, 1.54) is 6.07 Å². The largest absolute Gasteiger partial charge is 0.417 e. The molecule has 23 heavy (non-hydrogen) atoms. The molecule has 0 unspecified atom stereocenters. The zero-order valence-electron chi connectivity index (χ0n) is 12.7. The molecule has 0 amide bonds. The maximum absolute atomic E-state index is 13.1. The summed E-state index contributed by atoms with van der Waals surface area (Å²) >= 11 is 5.71. The van der Waals surface area contributed by atoms with Gasteiger partial charge in [-0.25, -0.2) is 4.68 Å². The molecule has 0 bridgehead atoms. The summed E-state index contributed by atoms with van der Waals surface area (Å²) in [7, 11) is 0. The third-order valence-electron chi connectivity index (χ3n) is 4.04. The maximum Gasteiger partial charge on any atom is 0.417 e. The van der Waals surface area contributed by atoms with Crippen LogP contribution in [-0.2, 0) is 19.1 Å². The minimum Gasteiger partial charge on any atom is -0.370 e. The summed E-state index contributed by atoms with van der Waals surface area (Å²) in [6, 6.07) is 3.99. The van der Waals surface area contributed by atoms with E-state index < -0.39 is 11.7 Å². The van der Waals surface area contributed by atoms with Gasteiger partial charge in [0.2, 0.25) is 0 Å². The molecule has 1 aliphatic heterocycles. The fourth-order valence-corrected chi connectivity index (χ4v) is 3.14. The number of fused-ring (bicyclic) bond motifs is 1. The van der Waals surface area contributed by atoms with E-state index in [-0.39, 0.29) is 5.02 Å². The number of hydrogen-bond donors (Lipinski definition) is 1. The van der Waals surface area contributed by atoms with Gasteiger partial charge in [-0.05, 0) is 38.3 Å². The molecule has 0 saturated carbocycles. The molecule has 0 fully saturated rings. The second-order valence-electron chi connectivity index (χ2n) is 5.57. The van der Waals surface area contributed by atoms with Gasteiger partial charge in [0.05, 0.1) is 16.3 Å². The molecule has 0 spiro atoms. The van der Waals surface area contributed by atoms with Crippen LogP contribution in [0.4, 0.5) is 19.0 Å². The topological polar surface area (TPSA) is 29.9 Å². The third kappa shape index (κ3) is 3.04. The summed E-state index contributed by atoms with van der Waals surface area (Å²) in [5, 5.41) is 7.57. The molecule has 0 radical (unpaired) electrons. The molecule has 1 aliphatic rings. The Labute approximate surface area is 137 Å². The van der Waals surface area contributed by atoms with Crippen molar-refractivity contribution >= 4 is 17.4 Å². The van der Waals surface area contributed by atoms with Crippen LogP contribution in [0.1, 0.15) is 30.9 Å². The Morgan fingerprint density at radius 3 is 2.78 bits per heavy atom. The Morgan fingerprint density at radius 1 is 1.30 bits per heavy atom. The monoisotopic (exact) mass is 343 g/mol. The lowest BCUT2D eigenvalue weighted by Gasteiger charge is -2.10. The highest BCUT2D eigenvalue weighted by atomic mass is 35.5. The van der Waals surface area contributed by atoms with Crippen LogP contribution in [0, 0.1) is 0 Å². The standard InChI is InChI=1S/C16H17ClF3N3/c1-2-23-15-11(5-3-4-8-21-15)14(22-23)10-6-7-13(17)12(9-10)16(18,19)20/h6-7,9,21H,2-5,8H2,1H3. The highest BCUT2D eigenvalue weighted by molar-refractivity contribution is 6.31. The fraction of sp³-hybridized carbons (Fsp3) is 0.438. The van der Waals surface area contributed by atoms with Crippen molar-refractivity contribution in [3.63, 3.8) is 0 Å². The normalized spacial score (nSPS) is 15.0. The van der Waals surface area contributed by atoms with Crippen molar-refractivity contribution in [1.29, 1.82) is 0 Å². The molecule has 2 heterocycles. The van der Waals surface area contributed by atoms with Crippen LogP contribution in [0.5, 0.6) is 0 Å². The van der Waals surface area contributed by atoms with Crippen LogP contribution in [0.25, 0.3) is 11.3 Å². The van der Waals surface area contributed by atoms with Crippen molar-refractivity contribution in [2.45, 2.75) is 38.9 Å². The highest BCUT2D eigenvalue weighted by Gasteiger charge is 2.34. The average molecular weight is 344 g/mol. The Balaban J connectivity index is 2.14. The number of aromatic nitrogens is 2. The van der Waals surface area contributed by atoms with Gasteiger partial charge in [0.15, 0.2) is 0 Å². The second kappa shape index (κ2) is 6.07. The number of halogens is 4. The predicted molar refractivity (Wildman–Crippen MR) is 84.8 cm³/mol. The Bertz CT molecular complexity index is 722. The Morgan fingerprint density at radius 2 is 2.09 bits per heavy atom. The molecule has 0 saturated heterocycles. The first-order chi connectivity index (χ1) is 10.9. The van der Waals surface area contributed by atoms with E-state index in [9.17, 15) is 13.2 Å². The Kier molecular flexibility index (Phi) is 4.27. The summed E-state index contributed by atoms with van der Waals surface area (Å²) in [4.78, 5) is 0. The van der Waals surface area contributed by atoms with Crippen LogP contribution in [0.2, 0.25) is 5.02 Å². The van der Waals surface area contributed by atoms with Crippen molar-refractivity contribution < 1.29 is 13.2 Å². The molecule has 1 N–H and O–H groups in total. The summed E-state index contributed by atoms with van der Waals surface area (Å²) in [6.07, 6.45) is -1.65. The molecule has 124 valence electrons. The summed E-state index contributed by atoms with van der Waals surface area (Å²) < 4.78 is 41.1. The summed E-state index contributed by atoms with van der Waals surface area (Å²) in [5.74, 6) is 0.920. The van der Waals surface area contributed by atoms with E-state index in [4.69, 9.17) is 11.6 Å². The van der Waals surface area contributed by atoms with Crippen LogP contribution < -0.4 is 5.32 Å². The molecular formula is C16H17ClF3N3. The van der Waals surface area contributed by atoms with Crippen LogP contribution in [0.3, 0.4) is 0 Å². The number of anilines is 1. The summed E-state index contributed by atoms with van der Waals surface area (Å²) in [6.45, 7) is 3.48. The molecule has 3 rings (SSSR count). The molecular weight excluding hydrogens is 327 g/mol. The fourth-order valence-electron chi connectivity index (χ4n) is 2.92. The number of nitrogens with zero attached hydrogens (tertiary/aromatic N) is 2. The van der Waals surface area contributed by atoms with Gasteiger partial charge in [0.1, 0.15) is 5.82 Å². The van der Waals surface area contributed by atoms with Crippen LogP contribution in [0.15, 0.2) is 18.2 Å². The van der Waals surface area contributed by atoms with E-state index in [2.05, 4.69) is 10.4 Å². The van der Waals surface area contributed by atoms with Gasteiger partial charge in [-0.3, -0.25) is 0 Å². The molecule has 0 atom stereocenters. The van der Waals surface area contributed by atoms with Crippen molar-refractivity contribution in [1.82, 2.24) is 9.78 Å². The lowest BCUT2D eigenvalue weighted by molar-refractivity contribution is -0.137. The minimum atomic E-state index is -4.48. The number of nitrogens with one attached hydrogen (secondary N) is 1. The van der Waals surface area contributed by atoms with Crippen LogP contribution in [-0.4, -0.2) is 16.3 Å². The molecule has 3 nitrogen and oxygen atoms in total. The van der Waals surface area contributed by atoms with Gasteiger partial charge in [0.25, 0.3) is 0 Å². The average Bonchev–Trinajstić information content (AvgIpc) is 2.68. The van der Waals surface area contributed by atoms with E-state index >= 15 is 0 Å². The van der Waals surface area contributed by atoms with Crippen molar-refractivity contribution in [3.05, 3.63) is 34.3 Å². The second-order valence-corrected chi connectivity index (χ2v) is 5.97. The number of alkyl halides is 3. The zero-order valence-corrected chi connectivity index (χ0v) is 13.4. The van der Waals surface area contributed by atoms with Crippen LogP contribution >= 0.6 is 11.6 Å². The van der Waals surface area contributed by atoms with E-state index in [1.54, 1.807) is 6.07 Å². The zero-order chi connectivity index (χ0) is 16.6. The number of hydrogen-bond acceptors (Lipinski definition) is 2. The van der Waals surface area contributed by atoms with Gasteiger partial charge in [-0.2, -0.15) is 18.3 Å². The van der Waals surface area contributed by atoms with E-state index in [0.29, 0.717) is 17.8 Å². The predicted octanol–water partition coefficient (Wildman–Crippen LogP) is 4.99. The highest BCUT2D eigenvalue weighted by Crippen LogP contribution is 2.39. The molecule has 0 aliphatic carbocycles. The number of aryl methyl sites for hydroxylation is 1. The molecule has 1 aromatic carbocycles. The van der Waals surface area contributed by atoms with Crippen molar-refractivity contribution in [2.75, 3.05) is 11.9 Å². The maximum atomic E-state index is 13.1. The van der Waals surface area contributed by atoms with Gasteiger partial charge in [0, 0.05) is 24.2 Å². The van der Waals surface area contributed by atoms with E-state index in [0.717, 1.165) is 43.3 Å². The van der Waals surface area contributed by atoms with Crippen molar-refractivity contribution in [3.8, 4) is 11.3 Å². The first-order valence-electron chi connectivity index (χ1n) is 7.62. The number of benzene rings is 1. The first kappa shape index (κ1) is 16.2. The Hall–Kier alpha value is -1.69. The van der Waals surface area contributed by atoms with Gasteiger partial charge < -0.3 is 5.32 Å². The molecule has 1 aromatic heterocycles. The van der Waals surface area contributed by atoms with Crippen molar-refractivity contribution in [2.24, 2.45) is 0 Å². The van der Waals surface area contributed by atoms with Gasteiger partial charge >= 0.3 is 6.18 Å². The molecule has 7 heteroatoms. The minimum absolute atomic E-state index is 0.291. The molecule has 2 aromatic rings. The quantitative estimate of drug-likeness (QED) is 0.832. The van der Waals surface area contributed by atoms with Gasteiger partial charge in [-0.1, -0.05) is 17.7 Å². The number of rotatable bonds is 2. The third-order valence-corrected chi connectivity index (χ3v) is 4.37. The lowest BCUT2D eigenvalue weighted by Crippen LogP contribution is -2.07. The SMILES string of the molecule is CCn1nc(-c2ccc(Cl)c(C(F)(F)F)c2)c2c1NCCCC2. The summed E-state index contributed by atoms with van der Waals surface area (Å²) in [5.41, 5.74) is 1.23. The van der Waals surface area contributed by atoms with E-state index in [1.807, 2.05) is 11.6 Å². The lowest BCUT2D eigenvalue weighted by atomic mass is 10.0. The first-order valence-corrected chi connectivity index (χ1v) is 8.00.